The van der Waals surface area contributed by atoms with Gasteiger partial charge in [-0.1, -0.05) is 0 Å². The van der Waals surface area contributed by atoms with E-state index < -0.39 is 0 Å². The molecule has 0 heterocycles. The molecule has 1 nitrogen and oxygen atoms in total. The van der Waals surface area contributed by atoms with E-state index in [-0.39, 0.29) is 153 Å². The fraction of sp³-hybridized carbons (Fsp3) is 0. The number of hydrogen-bond donors (Lipinski definition) is 1. The average molecular weight is 567 g/mol. The van der Waals surface area contributed by atoms with Crippen molar-refractivity contribution in [2.45, 2.75) is 0 Å². The second-order valence-electron chi connectivity index (χ2n) is 0. The molecule has 0 aromatic heterocycles. The average Bonchev–Trinajstić information content (AvgIpc) is 0. The quantitative estimate of drug-likeness (QED) is 0.236. The zero-order valence-electron chi connectivity index (χ0n) is 3.31. The predicted molar refractivity (Wildman–Crippen MR) is 51.3 cm³/mol. The molecule has 0 aliphatic heterocycles. The van der Waals surface area contributed by atoms with Crippen molar-refractivity contribution in [1.29, 1.82) is 0 Å². The van der Waals surface area contributed by atoms with Gasteiger partial charge in [0.05, 0.1) is 0 Å². The summed E-state index contributed by atoms with van der Waals surface area (Å²) in [6.07, 6.45) is 0. The zero-order valence-corrected chi connectivity index (χ0v) is 15.6. The Morgan fingerprint density at radius 2 is 0.667 bits per heavy atom. The van der Waals surface area contributed by atoms with Crippen LogP contribution in [0.25, 0.3) is 0 Å². The van der Waals surface area contributed by atoms with Crippen LogP contribution in [-0.2, 0) is 0 Å². The van der Waals surface area contributed by atoms with Crippen LogP contribution in [0.1, 0.15) is 0 Å². The van der Waals surface area contributed by atoms with Crippen molar-refractivity contribution in [1.82, 2.24) is 6.15 Å². The summed E-state index contributed by atoms with van der Waals surface area (Å²) in [5, 5.41) is 0. The van der Waals surface area contributed by atoms with Crippen LogP contribution in [0.5, 0.6) is 0 Å². The monoisotopic (exact) mass is 567 g/mol. The molecule has 0 rings (SSSR count). The van der Waals surface area contributed by atoms with E-state index >= 15 is 0 Å². The Hall–Kier alpha value is 4.52. The zero-order chi connectivity index (χ0) is 0. The van der Waals surface area contributed by atoms with Crippen molar-refractivity contribution in [3.05, 3.63) is 0 Å². The molecular formula is H6I4KN. The molecule has 0 bridgehead atoms. The summed E-state index contributed by atoms with van der Waals surface area (Å²) in [5.41, 5.74) is 0. The summed E-state index contributed by atoms with van der Waals surface area (Å²) in [6.45, 7) is 0. The van der Waals surface area contributed by atoms with Crippen molar-refractivity contribution in [3.63, 3.8) is 0 Å². The van der Waals surface area contributed by atoms with Gasteiger partial charge in [-0.05, 0) is 0 Å². The van der Waals surface area contributed by atoms with Crippen LogP contribution in [0, 0.1) is 0 Å². The van der Waals surface area contributed by atoms with Crippen LogP contribution in [0.3, 0.4) is 0 Å². The predicted octanol–water partition coefficient (Wildman–Crippen LogP) is -3.98. The Morgan fingerprint density at radius 1 is 0.667 bits per heavy atom. The van der Waals surface area contributed by atoms with Gasteiger partial charge >= 0.3 is 51.4 Å². The van der Waals surface area contributed by atoms with Crippen molar-refractivity contribution >= 4 is 71.9 Å². The first kappa shape index (κ1) is 46.7. The molecule has 0 aliphatic rings. The molecule has 0 aliphatic carbocycles. The summed E-state index contributed by atoms with van der Waals surface area (Å²) < 4.78 is 0. The van der Waals surface area contributed by atoms with E-state index in [1.165, 1.54) is 0 Å². The van der Waals surface area contributed by atoms with Crippen molar-refractivity contribution in [3.8, 4) is 0 Å². The van der Waals surface area contributed by atoms with Crippen LogP contribution in [-0.4, -0.2) is 0 Å². The van der Waals surface area contributed by atoms with Gasteiger partial charge in [-0.15, -0.1) is 71.9 Å². The molecule has 0 fully saturated rings. The molecule has 0 atom stereocenters. The maximum Gasteiger partial charge on any atom is 1.00 e. The van der Waals surface area contributed by atoms with Gasteiger partial charge in [-0.2, -0.15) is 0 Å². The molecule has 0 spiro atoms. The Morgan fingerprint density at radius 3 is 0.667 bits per heavy atom. The smallest absolute Gasteiger partial charge is 1.00 e. The van der Waals surface area contributed by atoms with Crippen LogP contribution in [0.2, 0.25) is 0 Å². The second-order valence-corrected chi connectivity index (χ2v) is 0. The van der Waals surface area contributed by atoms with E-state index in [1.807, 2.05) is 0 Å². The van der Waals surface area contributed by atoms with E-state index in [4.69, 9.17) is 0 Å². The first-order valence-electron chi connectivity index (χ1n) is 0. The van der Waals surface area contributed by atoms with Gasteiger partial charge in [0.15, 0.2) is 0 Å². The van der Waals surface area contributed by atoms with Crippen molar-refractivity contribution in [2.24, 2.45) is 0 Å². The normalized spacial score (nSPS) is 0. The number of rotatable bonds is 0. The molecule has 0 amide bonds. The Kier molecular flexibility index (Phi) is 263. The van der Waals surface area contributed by atoms with E-state index in [0.717, 1.165) is 0 Å². The van der Waals surface area contributed by atoms with Crippen LogP contribution >= 0.6 is 71.9 Å². The summed E-state index contributed by atoms with van der Waals surface area (Å²) in [7, 11) is 0. The largest absolute Gasteiger partial charge is 1.00 e. The summed E-state index contributed by atoms with van der Waals surface area (Å²) in [6, 6.07) is 0. The van der Waals surface area contributed by atoms with Gasteiger partial charge in [-0.25, -0.2) is 0 Å². The van der Waals surface area contributed by atoms with E-state index in [9.17, 15) is 0 Å². The molecule has 0 unspecified atom stereocenters. The van der Waals surface area contributed by atoms with E-state index in [1.54, 1.807) is 0 Å². The van der Waals surface area contributed by atoms with Crippen molar-refractivity contribution in [2.75, 3.05) is 0 Å². The fourth-order valence-electron chi connectivity index (χ4n) is 0. The molecule has 0 radical (unpaired) electrons. The number of halogens is 4. The van der Waals surface area contributed by atoms with Gasteiger partial charge < -0.3 is 30.1 Å². The van der Waals surface area contributed by atoms with Crippen LogP contribution in [0.15, 0.2) is 0 Å². The maximum atomic E-state index is 0. The number of hydrogen-bond acceptors (Lipinski definition) is 1. The van der Waals surface area contributed by atoms with E-state index in [0.29, 0.717) is 0 Å². The summed E-state index contributed by atoms with van der Waals surface area (Å²) in [5.74, 6) is 0. The molecule has 0 aromatic rings. The minimum Gasteiger partial charge on any atom is -1.00 e. The minimum atomic E-state index is 0. The third kappa shape index (κ3) is 23.6. The third-order valence-electron chi connectivity index (χ3n) is 0. The molecule has 40 valence electrons. The summed E-state index contributed by atoms with van der Waals surface area (Å²) >= 11 is 0. The van der Waals surface area contributed by atoms with Crippen LogP contribution < -0.4 is 81.5 Å². The molecule has 6 heavy (non-hydrogen) atoms. The molecular weight excluding hydrogens is 561 g/mol. The standard InChI is InChI=1S/4HI.K.H3N/h4*1H;;1H3/q;;;;+1;/p-1. The van der Waals surface area contributed by atoms with Gasteiger partial charge in [0, 0.05) is 0 Å². The molecule has 0 saturated heterocycles. The van der Waals surface area contributed by atoms with Gasteiger partial charge in [-0.3, -0.25) is 0 Å². The Labute approximate surface area is 149 Å². The Balaban J connectivity index is 0. The molecule has 3 N–H and O–H groups in total. The second kappa shape index (κ2) is 33.8. The molecule has 0 saturated carbocycles. The SMILES string of the molecule is I.I.I.N.[I-].[K+]. The first-order valence-corrected chi connectivity index (χ1v) is 0. The first-order chi connectivity index (χ1) is 0. The molecule has 0 aromatic carbocycles. The van der Waals surface area contributed by atoms with Crippen molar-refractivity contribution < 1.29 is 75.4 Å². The maximum absolute atomic E-state index is 0. The topological polar surface area (TPSA) is 35.0 Å². The summed E-state index contributed by atoms with van der Waals surface area (Å²) in [4.78, 5) is 0. The fourth-order valence-corrected chi connectivity index (χ4v) is 0. The third-order valence-corrected chi connectivity index (χ3v) is 0. The minimum absolute atomic E-state index is 0. The Bertz CT molecular complexity index is 7.51. The van der Waals surface area contributed by atoms with Crippen LogP contribution in [0.4, 0.5) is 0 Å². The van der Waals surface area contributed by atoms with Gasteiger partial charge in [0.2, 0.25) is 0 Å². The molecule has 6 heteroatoms. The van der Waals surface area contributed by atoms with E-state index in [2.05, 4.69) is 0 Å². The van der Waals surface area contributed by atoms with Gasteiger partial charge in [0.1, 0.15) is 0 Å². The van der Waals surface area contributed by atoms with Gasteiger partial charge in [0.25, 0.3) is 0 Å².